The third-order valence-corrected chi connectivity index (χ3v) is 3.70. The molecule has 1 atom stereocenters. The van der Waals surface area contributed by atoms with E-state index >= 15 is 0 Å². The van der Waals surface area contributed by atoms with Crippen molar-refractivity contribution in [3.63, 3.8) is 0 Å². The molecule has 0 amide bonds. The van der Waals surface area contributed by atoms with Crippen LogP contribution < -0.4 is 0 Å². The highest BCUT2D eigenvalue weighted by molar-refractivity contribution is 5.59. The van der Waals surface area contributed by atoms with Crippen molar-refractivity contribution in [3.05, 3.63) is 0 Å². The Hall–Kier alpha value is -0.730. The minimum atomic E-state index is -0.492. The van der Waals surface area contributed by atoms with Crippen molar-refractivity contribution < 1.29 is 14.3 Å². The SMILES string of the molecule is CCCCCCCCOC(=O)OCC(CC)CCCC. The van der Waals surface area contributed by atoms with Crippen molar-refractivity contribution in [2.45, 2.75) is 85.0 Å². The van der Waals surface area contributed by atoms with E-state index in [4.69, 9.17) is 9.47 Å². The van der Waals surface area contributed by atoms with Crippen LogP contribution in [0.15, 0.2) is 0 Å². The van der Waals surface area contributed by atoms with Gasteiger partial charge in [-0.05, 0) is 18.8 Å². The number of rotatable bonds is 13. The molecule has 0 aromatic heterocycles. The number of carbonyl (C=O) groups excluding carboxylic acids is 1. The quantitative estimate of drug-likeness (QED) is 0.321. The molecule has 0 saturated heterocycles. The molecular weight excluding hydrogens is 252 g/mol. The molecule has 0 spiro atoms. The van der Waals surface area contributed by atoms with Crippen LogP contribution in [0.5, 0.6) is 0 Å². The third-order valence-electron chi connectivity index (χ3n) is 3.70. The molecular formula is C17H34O3. The maximum Gasteiger partial charge on any atom is 0.508 e. The highest BCUT2D eigenvalue weighted by Crippen LogP contribution is 2.13. The minimum Gasteiger partial charge on any atom is -0.434 e. The van der Waals surface area contributed by atoms with Gasteiger partial charge in [0.15, 0.2) is 0 Å². The molecule has 20 heavy (non-hydrogen) atoms. The zero-order valence-electron chi connectivity index (χ0n) is 13.8. The Balaban J connectivity index is 3.43. The summed E-state index contributed by atoms with van der Waals surface area (Å²) in [6.07, 6.45) is 11.3. The van der Waals surface area contributed by atoms with Gasteiger partial charge in [-0.2, -0.15) is 0 Å². The van der Waals surface area contributed by atoms with Crippen LogP contribution in [0.1, 0.15) is 85.0 Å². The lowest BCUT2D eigenvalue weighted by Gasteiger charge is -2.14. The first kappa shape index (κ1) is 19.3. The van der Waals surface area contributed by atoms with Gasteiger partial charge in [0.25, 0.3) is 0 Å². The summed E-state index contributed by atoms with van der Waals surface area (Å²) in [6.45, 7) is 7.54. The Morgan fingerprint density at radius 3 is 2.15 bits per heavy atom. The van der Waals surface area contributed by atoms with Crippen LogP contribution in [0.3, 0.4) is 0 Å². The maximum absolute atomic E-state index is 11.4. The van der Waals surface area contributed by atoms with E-state index in [0.717, 1.165) is 25.7 Å². The molecule has 0 heterocycles. The second-order valence-corrected chi connectivity index (χ2v) is 5.59. The molecule has 3 nitrogen and oxygen atoms in total. The number of ether oxygens (including phenoxy) is 2. The molecule has 0 aliphatic carbocycles. The fraction of sp³-hybridized carbons (Fsp3) is 0.941. The highest BCUT2D eigenvalue weighted by Gasteiger charge is 2.10. The summed E-state index contributed by atoms with van der Waals surface area (Å²) in [5, 5.41) is 0. The van der Waals surface area contributed by atoms with Gasteiger partial charge >= 0.3 is 6.16 Å². The molecule has 0 N–H and O–H groups in total. The Bertz CT molecular complexity index is 216. The van der Waals surface area contributed by atoms with Crippen molar-refractivity contribution in [2.24, 2.45) is 5.92 Å². The molecule has 0 saturated carbocycles. The molecule has 3 heteroatoms. The first-order chi connectivity index (χ1) is 9.74. The fourth-order valence-electron chi connectivity index (χ4n) is 2.16. The van der Waals surface area contributed by atoms with Gasteiger partial charge in [-0.25, -0.2) is 4.79 Å². The monoisotopic (exact) mass is 286 g/mol. The van der Waals surface area contributed by atoms with Gasteiger partial charge < -0.3 is 9.47 Å². The summed E-state index contributed by atoms with van der Waals surface area (Å²) >= 11 is 0. The zero-order chi connectivity index (χ0) is 15.1. The third kappa shape index (κ3) is 12.3. The van der Waals surface area contributed by atoms with E-state index in [2.05, 4.69) is 20.8 Å². The lowest BCUT2D eigenvalue weighted by atomic mass is 10.0. The van der Waals surface area contributed by atoms with Crippen LogP contribution in [0.2, 0.25) is 0 Å². The van der Waals surface area contributed by atoms with E-state index in [1.54, 1.807) is 0 Å². The molecule has 0 aliphatic rings. The second kappa shape index (κ2) is 14.7. The lowest BCUT2D eigenvalue weighted by molar-refractivity contribution is 0.0415. The van der Waals surface area contributed by atoms with E-state index in [1.807, 2.05) is 0 Å². The van der Waals surface area contributed by atoms with Crippen molar-refractivity contribution in [1.82, 2.24) is 0 Å². The molecule has 0 fully saturated rings. The maximum atomic E-state index is 11.4. The van der Waals surface area contributed by atoms with Gasteiger partial charge in [-0.1, -0.05) is 72.1 Å². The van der Waals surface area contributed by atoms with Crippen LogP contribution in [0.25, 0.3) is 0 Å². The summed E-state index contributed by atoms with van der Waals surface area (Å²) in [5.74, 6) is 0.483. The molecule has 1 unspecified atom stereocenters. The lowest BCUT2D eigenvalue weighted by Crippen LogP contribution is -2.15. The minimum absolute atomic E-state index is 0.483. The zero-order valence-corrected chi connectivity index (χ0v) is 13.8. The van der Waals surface area contributed by atoms with Crippen molar-refractivity contribution in [2.75, 3.05) is 13.2 Å². The Labute approximate surface area is 125 Å². The molecule has 120 valence electrons. The first-order valence-electron chi connectivity index (χ1n) is 8.54. The van der Waals surface area contributed by atoms with Crippen molar-refractivity contribution in [1.29, 1.82) is 0 Å². The van der Waals surface area contributed by atoms with Crippen LogP contribution in [-0.2, 0) is 9.47 Å². The average Bonchev–Trinajstić information content (AvgIpc) is 2.46. The van der Waals surface area contributed by atoms with Gasteiger partial charge in [0, 0.05) is 0 Å². The Morgan fingerprint density at radius 1 is 0.850 bits per heavy atom. The highest BCUT2D eigenvalue weighted by atomic mass is 16.7. The molecule has 0 aromatic carbocycles. The molecule has 0 aromatic rings. The van der Waals surface area contributed by atoms with E-state index in [0.29, 0.717) is 19.1 Å². The standard InChI is InChI=1S/C17H34O3/c1-4-7-9-10-11-12-14-19-17(18)20-15-16(6-3)13-8-5-2/h16H,4-15H2,1-3H3. The predicted octanol–water partition coefficient (Wildman–Crippen LogP) is 5.72. The van der Waals surface area contributed by atoms with Crippen LogP contribution >= 0.6 is 0 Å². The number of unbranched alkanes of at least 4 members (excludes halogenated alkanes) is 6. The summed E-state index contributed by atoms with van der Waals surface area (Å²) < 4.78 is 10.3. The van der Waals surface area contributed by atoms with E-state index in [9.17, 15) is 4.79 Å². The summed E-state index contributed by atoms with van der Waals surface area (Å²) in [5.41, 5.74) is 0. The topological polar surface area (TPSA) is 35.5 Å². The molecule has 0 aliphatic heterocycles. The van der Waals surface area contributed by atoms with Gasteiger partial charge in [0.1, 0.15) is 0 Å². The van der Waals surface area contributed by atoms with Crippen LogP contribution in [0.4, 0.5) is 4.79 Å². The smallest absolute Gasteiger partial charge is 0.434 e. The number of hydrogen-bond donors (Lipinski definition) is 0. The summed E-state index contributed by atoms with van der Waals surface area (Å²) in [4.78, 5) is 11.4. The summed E-state index contributed by atoms with van der Waals surface area (Å²) in [7, 11) is 0. The first-order valence-corrected chi connectivity index (χ1v) is 8.54. The number of carbonyl (C=O) groups is 1. The normalized spacial score (nSPS) is 12.2. The van der Waals surface area contributed by atoms with Crippen molar-refractivity contribution >= 4 is 6.16 Å². The van der Waals surface area contributed by atoms with Gasteiger partial charge in [-0.3, -0.25) is 0 Å². The van der Waals surface area contributed by atoms with Gasteiger partial charge in [0.05, 0.1) is 13.2 Å². The van der Waals surface area contributed by atoms with Crippen LogP contribution in [0, 0.1) is 5.92 Å². The molecule has 0 bridgehead atoms. The van der Waals surface area contributed by atoms with Crippen molar-refractivity contribution in [3.8, 4) is 0 Å². The van der Waals surface area contributed by atoms with E-state index in [-0.39, 0.29) is 0 Å². The Morgan fingerprint density at radius 2 is 1.50 bits per heavy atom. The molecule has 0 rings (SSSR count). The molecule has 0 radical (unpaired) electrons. The average molecular weight is 286 g/mol. The Kier molecular flexibility index (Phi) is 14.1. The second-order valence-electron chi connectivity index (χ2n) is 5.59. The van der Waals surface area contributed by atoms with E-state index in [1.165, 1.54) is 38.5 Å². The van der Waals surface area contributed by atoms with E-state index < -0.39 is 6.16 Å². The predicted molar refractivity (Wildman–Crippen MR) is 84.0 cm³/mol. The largest absolute Gasteiger partial charge is 0.508 e. The van der Waals surface area contributed by atoms with Gasteiger partial charge in [0.2, 0.25) is 0 Å². The summed E-state index contributed by atoms with van der Waals surface area (Å²) in [6, 6.07) is 0. The van der Waals surface area contributed by atoms with Crippen LogP contribution in [-0.4, -0.2) is 19.4 Å². The number of hydrogen-bond acceptors (Lipinski definition) is 3. The van der Waals surface area contributed by atoms with Gasteiger partial charge in [-0.15, -0.1) is 0 Å². The fourth-order valence-corrected chi connectivity index (χ4v) is 2.16.